The Morgan fingerprint density at radius 2 is 2.33 bits per heavy atom. The van der Waals surface area contributed by atoms with Crippen LogP contribution in [0.5, 0.6) is 0 Å². The molecule has 1 aromatic rings. The minimum atomic E-state index is -0.897. The summed E-state index contributed by atoms with van der Waals surface area (Å²) >= 11 is 0. The summed E-state index contributed by atoms with van der Waals surface area (Å²) < 4.78 is 0. The van der Waals surface area contributed by atoms with Gasteiger partial charge in [-0.2, -0.15) is 0 Å². The number of nitrogens with zero attached hydrogens (tertiary/aromatic N) is 3. The second-order valence-electron chi connectivity index (χ2n) is 4.09. The summed E-state index contributed by atoms with van der Waals surface area (Å²) in [5.74, 6) is -1.04. The van der Waals surface area contributed by atoms with Crippen molar-refractivity contribution in [1.82, 2.24) is 20.2 Å². The van der Waals surface area contributed by atoms with E-state index in [1.165, 1.54) is 18.6 Å². The van der Waals surface area contributed by atoms with Gasteiger partial charge in [-0.15, -0.1) is 0 Å². The number of Topliss-reactive ketones (excluding diaryl/α,β-unsaturated/α-hetero) is 1. The molecule has 0 spiro atoms. The lowest BCUT2D eigenvalue weighted by Gasteiger charge is -2.30. The van der Waals surface area contributed by atoms with E-state index in [9.17, 15) is 9.59 Å². The summed E-state index contributed by atoms with van der Waals surface area (Å²) in [6.45, 7) is 1.70. The van der Waals surface area contributed by atoms with Crippen molar-refractivity contribution in [2.24, 2.45) is 0 Å². The predicted molar refractivity (Wildman–Crippen MR) is 62.2 cm³/mol. The highest BCUT2D eigenvalue weighted by atomic mass is 16.4. The summed E-state index contributed by atoms with van der Waals surface area (Å²) in [6, 6.07) is -0.617. The third-order valence-corrected chi connectivity index (χ3v) is 2.77. The van der Waals surface area contributed by atoms with Crippen LogP contribution < -0.4 is 5.32 Å². The minimum absolute atomic E-state index is 0.144. The molecule has 0 amide bonds. The second kappa shape index (κ2) is 5.65. The number of aromatic nitrogens is 2. The molecule has 2 heterocycles. The Morgan fingerprint density at radius 1 is 1.50 bits per heavy atom. The van der Waals surface area contributed by atoms with Gasteiger partial charge >= 0.3 is 5.97 Å². The number of rotatable bonds is 4. The van der Waals surface area contributed by atoms with Gasteiger partial charge in [-0.25, -0.2) is 4.98 Å². The molecule has 1 aromatic heterocycles. The zero-order valence-electron chi connectivity index (χ0n) is 9.74. The number of piperazine rings is 1. The van der Waals surface area contributed by atoms with Crippen LogP contribution in [0.15, 0.2) is 18.6 Å². The standard InChI is InChI=1S/C11H14N4O3/c16-10(8-5-12-1-2-13-8)7-15-4-3-14-9(6-15)11(17)18/h1-2,5,9,14H,3-4,6-7H2,(H,17,18). The van der Waals surface area contributed by atoms with Gasteiger partial charge in [-0.05, 0) is 0 Å². The molecule has 7 nitrogen and oxygen atoms in total. The van der Waals surface area contributed by atoms with Crippen LogP contribution in [-0.4, -0.2) is 63.9 Å². The molecule has 1 aliphatic heterocycles. The monoisotopic (exact) mass is 250 g/mol. The van der Waals surface area contributed by atoms with Gasteiger partial charge in [0.1, 0.15) is 11.7 Å². The maximum Gasteiger partial charge on any atom is 0.322 e. The molecule has 1 saturated heterocycles. The molecule has 96 valence electrons. The number of carboxylic acids is 1. The average Bonchev–Trinajstić information content (AvgIpc) is 2.40. The number of nitrogens with one attached hydrogen (secondary N) is 1. The molecule has 2 rings (SSSR count). The number of ketones is 1. The normalized spacial score (nSPS) is 20.6. The highest BCUT2D eigenvalue weighted by Gasteiger charge is 2.26. The maximum absolute atomic E-state index is 11.9. The van der Waals surface area contributed by atoms with Crippen LogP contribution in [0.3, 0.4) is 0 Å². The van der Waals surface area contributed by atoms with Crippen LogP contribution in [-0.2, 0) is 4.79 Å². The smallest absolute Gasteiger partial charge is 0.322 e. The molecular formula is C11H14N4O3. The molecule has 0 aliphatic carbocycles. The quantitative estimate of drug-likeness (QED) is 0.663. The van der Waals surface area contributed by atoms with Gasteiger partial charge in [0.05, 0.1) is 12.7 Å². The van der Waals surface area contributed by atoms with E-state index in [4.69, 9.17) is 5.11 Å². The fraction of sp³-hybridized carbons (Fsp3) is 0.455. The number of aliphatic carboxylic acids is 1. The van der Waals surface area contributed by atoms with Crippen molar-refractivity contribution >= 4 is 11.8 Å². The third-order valence-electron chi connectivity index (χ3n) is 2.77. The minimum Gasteiger partial charge on any atom is -0.480 e. The van der Waals surface area contributed by atoms with Crippen LogP contribution in [0.25, 0.3) is 0 Å². The highest BCUT2D eigenvalue weighted by molar-refractivity contribution is 5.95. The molecule has 1 unspecified atom stereocenters. The van der Waals surface area contributed by atoms with Gasteiger partial charge in [0.15, 0.2) is 5.78 Å². The van der Waals surface area contributed by atoms with Crippen molar-refractivity contribution in [1.29, 1.82) is 0 Å². The van der Waals surface area contributed by atoms with Crippen molar-refractivity contribution in [3.05, 3.63) is 24.3 Å². The summed E-state index contributed by atoms with van der Waals surface area (Å²) in [5, 5.41) is 11.8. The van der Waals surface area contributed by atoms with Crippen LogP contribution in [0.4, 0.5) is 0 Å². The topological polar surface area (TPSA) is 95.4 Å². The van der Waals surface area contributed by atoms with E-state index >= 15 is 0 Å². The number of carbonyl (C=O) groups is 2. The van der Waals surface area contributed by atoms with Crippen molar-refractivity contribution in [3.63, 3.8) is 0 Å². The van der Waals surface area contributed by atoms with Gasteiger partial charge in [0, 0.05) is 32.0 Å². The van der Waals surface area contributed by atoms with E-state index in [1.54, 1.807) is 0 Å². The fourth-order valence-corrected chi connectivity index (χ4v) is 1.85. The maximum atomic E-state index is 11.9. The molecule has 0 radical (unpaired) electrons. The van der Waals surface area contributed by atoms with Gasteiger partial charge in [-0.3, -0.25) is 19.5 Å². The summed E-state index contributed by atoms with van der Waals surface area (Å²) in [7, 11) is 0. The summed E-state index contributed by atoms with van der Waals surface area (Å²) in [4.78, 5) is 32.3. The Morgan fingerprint density at radius 3 is 3.00 bits per heavy atom. The van der Waals surface area contributed by atoms with Crippen LogP contribution in [0.2, 0.25) is 0 Å². The van der Waals surface area contributed by atoms with Gasteiger partial charge in [0.25, 0.3) is 0 Å². The number of carbonyl (C=O) groups excluding carboxylic acids is 1. The first kappa shape index (κ1) is 12.6. The Balaban J connectivity index is 1.93. The van der Waals surface area contributed by atoms with E-state index in [1.807, 2.05) is 4.90 Å². The Hall–Kier alpha value is -1.86. The van der Waals surface area contributed by atoms with E-state index in [-0.39, 0.29) is 12.3 Å². The van der Waals surface area contributed by atoms with E-state index in [0.29, 0.717) is 25.3 Å². The first-order valence-corrected chi connectivity index (χ1v) is 5.64. The number of hydrogen-bond acceptors (Lipinski definition) is 6. The predicted octanol–water partition coefficient (Wildman–Crippen LogP) is -0.982. The zero-order valence-corrected chi connectivity index (χ0v) is 9.74. The van der Waals surface area contributed by atoms with E-state index in [2.05, 4.69) is 15.3 Å². The SMILES string of the molecule is O=C(CN1CCNC(C(=O)O)C1)c1cnccn1. The van der Waals surface area contributed by atoms with Crippen molar-refractivity contribution in [2.75, 3.05) is 26.2 Å². The Kier molecular flexibility index (Phi) is 3.96. The Labute approximate surface area is 104 Å². The number of hydrogen-bond donors (Lipinski definition) is 2. The lowest BCUT2D eigenvalue weighted by atomic mass is 10.2. The molecule has 1 atom stereocenters. The summed E-state index contributed by atoms with van der Waals surface area (Å²) in [6.07, 6.45) is 4.38. The zero-order chi connectivity index (χ0) is 13.0. The Bertz CT molecular complexity index is 437. The third kappa shape index (κ3) is 3.08. The summed E-state index contributed by atoms with van der Waals surface area (Å²) in [5.41, 5.74) is 0.308. The van der Waals surface area contributed by atoms with E-state index < -0.39 is 12.0 Å². The highest BCUT2D eigenvalue weighted by Crippen LogP contribution is 2.02. The molecular weight excluding hydrogens is 236 g/mol. The van der Waals surface area contributed by atoms with Crippen molar-refractivity contribution in [3.8, 4) is 0 Å². The first-order chi connectivity index (χ1) is 8.66. The van der Waals surface area contributed by atoms with Gasteiger partial charge < -0.3 is 10.4 Å². The average molecular weight is 250 g/mol. The lowest BCUT2D eigenvalue weighted by Crippen LogP contribution is -2.55. The van der Waals surface area contributed by atoms with Crippen molar-refractivity contribution < 1.29 is 14.7 Å². The molecule has 18 heavy (non-hydrogen) atoms. The fourth-order valence-electron chi connectivity index (χ4n) is 1.85. The molecule has 0 bridgehead atoms. The molecule has 0 aromatic carbocycles. The first-order valence-electron chi connectivity index (χ1n) is 5.64. The lowest BCUT2D eigenvalue weighted by molar-refractivity contribution is -0.140. The second-order valence-corrected chi connectivity index (χ2v) is 4.09. The molecule has 0 saturated carbocycles. The van der Waals surface area contributed by atoms with Gasteiger partial charge in [0.2, 0.25) is 0 Å². The molecule has 7 heteroatoms. The van der Waals surface area contributed by atoms with Crippen molar-refractivity contribution in [2.45, 2.75) is 6.04 Å². The molecule has 2 N–H and O–H groups in total. The van der Waals surface area contributed by atoms with Gasteiger partial charge in [-0.1, -0.05) is 0 Å². The van der Waals surface area contributed by atoms with E-state index in [0.717, 1.165) is 0 Å². The van der Waals surface area contributed by atoms with Crippen LogP contribution in [0, 0.1) is 0 Å². The molecule has 1 fully saturated rings. The van der Waals surface area contributed by atoms with Crippen LogP contribution in [0.1, 0.15) is 10.5 Å². The van der Waals surface area contributed by atoms with Crippen LogP contribution >= 0.6 is 0 Å². The molecule has 1 aliphatic rings. The number of carboxylic acid groups (broad SMARTS) is 1. The largest absolute Gasteiger partial charge is 0.480 e.